The summed E-state index contributed by atoms with van der Waals surface area (Å²) in [6.07, 6.45) is 0.480. The van der Waals surface area contributed by atoms with Crippen molar-refractivity contribution in [3.63, 3.8) is 0 Å². The van der Waals surface area contributed by atoms with Crippen molar-refractivity contribution in [2.75, 3.05) is 12.8 Å². The minimum absolute atomic E-state index is 0.340. The fraction of sp³-hybridized carbons (Fsp3) is 0.0909. The van der Waals surface area contributed by atoms with Crippen molar-refractivity contribution in [2.24, 2.45) is 0 Å². The number of nitrogens with two attached hydrogens (primary N) is 1. The van der Waals surface area contributed by atoms with E-state index in [4.69, 9.17) is 5.73 Å². The van der Waals surface area contributed by atoms with Gasteiger partial charge in [-0.05, 0) is 24.1 Å². The van der Waals surface area contributed by atoms with Crippen LogP contribution in [-0.4, -0.2) is 19.4 Å². The van der Waals surface area contributed by atoms with Gasteiger partial charge < -0.3 is 10.5 Å². The Morgan fingerprint density at radius 2 is 2.27 bits per heavy atom. The summed E-state index contributed by atoms with van der Waals surface area (Å²) in [7, 11) is 1.29. The van der Waals surface area contributed by atoms with Gasteiger partial charge in [-0.1, -0.05) is 5.92 Å². The number of esters is 1. The maximum Gasteiger partial charge on any atom is 0.337 e. The molecule has 76 valence electrons. The first-order valence-electron chi connectivity index (χ1n) is 4.12. The van der Waals surface area contributed by atoms with Crippen molar-refractivity contribution in [3.8, 4) is 11.8 Å². The Hall–Kier alpha value is -2.28. The molecule has 2 N–H and O–H groups in total. The molecule has 0 aliphatic heterocycles. The predicted molar refractivity (Wildman–Crippen MR) is 55.1 cm³/mol. The Bertz CT molecular complexity index is 455. The Labute approximate surface area is 87.0 Å². The smallest absolute Gasteiger partial charge is 0.337 e. The Morgan fingerprint density at radius 3 is 2.80 bits per heavy atom. The van der Waals surface area contributed by atoms with Crippen molar-refractivity contribution >= 4 is 17.9 Å². The summed E-state index contributed by atoms with van der Waals surface area (Å²) in [5.41, 5.74) is 6.83. The minimum Gasteiger partial charge on any atom is -0.465 e. The fourth-order valence-corrected chi connectivity index (χ4v) is 1.03. The van der Waals surface area contributed by atoms with E-state index in [2.05, 4.69) is 16.6 Å². The first-order valence-corrected chi connectivity index (χ1v) is 4.12. The summed E-state index contributed by atoms with van der Waals surface area (Å²) in [4.78, 5) is 21.1. The number of carbonyl (C=O) groups is 2. The van der Waals surface area contributed by atoms with E-state index in [0.717, 1.165) is 0 Å². The van der Waals surface area contributed by atoms with E-state index in [9.17, 15) is 9.59 Å². The standard InChI is InChI=1S/C11H9NO3/c1-15-11(14)9-5-4-8(3-2-6-13)10(12)7-9/h4-7H,12H2,1H3. The van der Waals surface area contributed by atoms with Gasteiger partial charge in [0.05, 0.1) is 12.7 Å². The van der Waals surface area contributed by atoms with Crippen LogP contribution in [0.4, 0.5) is 5.69 Å². The second kappa shape index (κ2) is 4.82. The molecule has 4 nitrogen and oxygen atoms in total. The number of nitrogen functional groups attached to an aromatic ring is 1. The van der Waals surface area contributed by atoms with Crippen LogP contribution in [0.25, 0.3) is 0 Å². The van der Waals surface area contributed by atoms with Gasteiger partial charge in [-0.25, -0.2) is 4.79 Å². The van der Waals surface area contributed by atoms with Crippen LogP contribution in [0.15, 0.2) is 18.2 Å². The highest BCUT2D eigenvalue weighted by molar-refractivity contribution is 5.91. The van der Waals surface area contributed by atoms with Gasteiger partial charge in [0.25, 0.3) is 0 Å². The molecule has 1 aromatic rings. The molecule has 0 unspecified atom stereocenters. The number of ether oxygens (including phenoxy) is 1. The molecule has 0 radical (unpaired) electrons. The maximum atomic E-state index is 11.1. The average molecular weight is 203 g/mol. The molecule has 15 heavy (non-hydrogen) atoms. The zero-order valence-electron chi connectivity index (χ0n) is 8.11. The fourth-order valence-electron chi connectivity index (χ4n) is 1.03. The molecular weight excluding hydrogens is 194 g/mol. The monoisotopic (exact) mass is 203 g/mol. The highest BCUT2D eigenvalue weighted by Gasteiger charge is 2.06. The van der Waals surface area contributed by atoms with Gasteiger partial charge in [0.15, 0.2) is 6.29 Å². The molecule has 0 aliphatic rings. The Morgan fingerprint density at radius 1 is 1.53 bits per heavy atom. The first kappa shape index (κ1) is 10.8. The molecule has 0 heterocycles. The quantitative estimate of drug-likeness (QED) is 0.314. The number of hydrogen-bond acceptors (Lipinski definition) is 4. The molecule has 0 amide bonds. The van der Waals surface area contributed by atoms with Gasteiger partial charge >= 0.3 is 5.97 Å². The van der Waals surface area contributed by atoms with Gasteiger partial charge in [-0.2, -0.15) is 0 Å². The summed E-state index contributed by atoms with van der Waals surface area (Å²) in [6, 6.07) is 4.57. The number of anilines is 1. The van der Waals surface area contributed by atoms with Gasteiger partial charge in [0.2, 0.25) is 0 Å². The minimum atomic E-state index is -0.461. The summed E-state index contributed by atoms with van der Waals surface area (Å²) >= 11 is 0. The van der Waals surface area contributed by atoms with Crippen molar-refractivity contribution < 1.29 is 14.3 Å². The van der Waals surface area contributed by atoms with E-state index in [1.54, 1.807) is 6.07 Å². The third kappa shape index (κ3) is 2.58. The summed E-state index contributed by atoms with van der Waals surface area (Å²) in [5, 5.41) is 0. The lowest BCUT2D eigenvalue weighted by Gasteiger charge is -2.02. The van der Waals surface area contributed by atoms with E-state index in [1.807, 2.05) is 0 Å². The van der Waals surface area contributed by atoms with Crippen molar-refractivity contribution in [2.45, 2.75) is 0 Å². The second-order valence-electron chi connectivity index (χ2n) is 2.68. The topological polar surface area (TPSA) is 69.4 Å². The molecule has 0 aromatic heterocycles. The number of hydrogen-bond donors (Lipinski definition) is 1. The summed E-state index contributed by atoms with van der Waals surface area (Å²) in [6.45, 7) is 0. The molecule has 0 saturated carbocycles. The van der Waals surface area contributed by atoms with Gasteiger partial charge in [-0.15, -0.1) is 0 Å². The maximum absolute atomic E-state index is 11.1. The largest absolute Gasteiger partial charge is 0.465 e. The molecule has 0 spiro atoms. The second-order valence-corrected chi connectivity index (χ2v) is 2.68. The van der Waals surface area contributed by atoms with Crippen LogP contribution in [-0.2, 0) is 9.53 Å². The molecule has 4 heteroatoms. The van der Waals surface area contributed by atoms with E-state index >= 15 is 0 Å². The SMILES string of the molecule is COC(=O)c1ccc(C#CC=O)c(N)c1. The zero-order valence-corrected chi connectivity index (χ0v) is 8.11. The Kier molecular flexibility index (Phi) is 3.47. The van der Waals surface area contributed by atoms with Gasteiger partial charge in [0.1, 0.15) is 0 Å². The first-order chi connectivity index (χ1) is 7.19. The third-order valence-corrected chi connectivity index (χ3v) is 1.74. The van der Waals surface area contributed by atoms with Crippen LogP contribution in [0, 0.1) is 11.8 Å². The molecular formula is C11H9NO3. The van der Waals surface area contributed by atoms with E-state index in [0.29, 0.717) is 23.1 Å². The van der Waals surface area contributed by atoms with Crippen LogP contribution in [0.3, 0.4) is 0 Å². The Balaban J connectivity index is 3.08. The highest BCUT2D eigenvalue weighted by atomic mass is 16.5. The summed E-state index contributed by atoms with van der Waals surface area (Å²) in [5.74, 6) is 4.33. The van der Waals surface area contributed by atoms with Gasteiger partial charge in [0, 0.05) is 11.3 Å². The number of benzene rings is 1. The van der Waals surface area contributed by atoms with E-state index in [1.165, 1.54) is 19.2 Å². The molecule has 0 bridgehead atoms. The van der Waals surface area contributed by atoms with Crippen LogP contribution in [0.2, 0.25) is 0 Å². The number of methoxy groups -OCH3 is 1. The van der Waals surface area contributed by atoms with Crippen LogP contribution < -0.4 is 5.73 Å². The normalized spacial score (nSPS) is 8.60. The predicted octanol–water partition coefficient (Wildman–Crippen LogP) is 0.606. The average Bonchev–Trinajstić information content (AvgIpc) is 2.26. The van der Waals surface area contributed by atoms with Crippen molar-refractivity contribution in [1.29, 1.82) is 0 Å². The van der Waals surface area contributed by atoms with Crippen LogP contribution in [0.5, 0.6) is 0 Å². The molecule has 0 atom stereocenters. The van der Waals surface area contributed by atoms with E-state index in [-0.39, 0.29) is 0 Å². The van der Waals surface area contributed by atoms with Crippen LogP contribution in [0.1, 0.15) is 15.9 Å². The molecule has 0 fully saturated rings. The molecule has 1 rings (SSSR count). The van der Waals surface area contributed by atoms with Crippen molar-refractivity contribution in [1.82, 2.24) is 0 Å². The molecule has 1 aromatic carbocycles. The van der Waals surface area contributed by atoms with E-state index < -0.39 is 5.97 Å². The van der Waals surface area contributed by atoms with Crippen LogP contribution >= 0.6 is 0 Å². The summed E-state index contributed by atoms with van der Waals surface area (Å²) < 4.78 is 4.53. The third-order valence-electron chi connectivity index (χ3n) is 1.74. The lowest BCUT2D eigenvalue weighted by Crippen LogP contribution is -2.02. The zero-order chi connectivity index (χ0) is 11.3. The molecule has 0 saturated heterocycles. The molecule has 0 aliphatic carbocycles. The van der Waals surface area contributed by atoms with Gasteiger partial charge in [-0.3, -0.25) is 4.79 Å². The number of rotatable bonds is 1. The lowest BCUT2D eigenvalue weighted by atomic mass is 10.1. The highest BCUT2D eigenvalue weighted by Crippen LogP contribution is 2.13. The van der Waals surface area contributed by atoms with Crippen molar-refractivity contribution in [3.05, 3.63) is 29.3 Å². The lowest BCUT2D eigenvalue weighted by molar-refractivity contribution is -0.103. The number of carbonyl (C=O) groups excluding carboxylic acids is 2. The number of aldehydes is 1.